The third kappa shape index (κ3) is 3.56. The highest BCUT2D eigenvalue weighted by molar-refractivity contribution is 5.33. The summed E-state index contributed by atoms with van der Waals surface area (Å²) in [5.74, 6) is 1.79. The SMILES string of the molecule is Cc1cc(C)c(C(C)NCC2CCC(C)C2)c(C)n1. The second kappa shape index (κ2) is 6.04. The number of nitrogens with zero attached hydrogens (tertiary/aromatic N) is 1. The molecule has 3 unspecified atom stereocenters. The molecule has 0 aromatic carbocycles. The van der Waals surface area contributed by atoms with E-state index in [0.29, 0.717) is 6.04 Å². The molecule has 0 aliphatic heterocycles. The van der Waals surface area contributed by atoms with E-state index in [1.807, 2.05) is 0 Å². The van der Waals surface area contributed by atoms with E-state index < -0.39 is 0 Å². The van der Waals surface area contributed by atoms with Crippen molar-refractivity contribution in [2.45, 2.75) is 59.9 Å². The molecule has 0 bridgehead atoms. The zero-order valence-corrected chi connectivity index (χ0v) is 13.1. The molecule has 0 saturated heterocycles. The molecule has 0 spiro atoms. The number of hydrogen-bond acceptors (Lipinski definition) is 2. The predicted molar refractivity (Wildman–Crippen MR) is 81.4 cm³/mol. The largest absolute Gasteiger partial charge is 0.310 e. The van der Waals surface area contributed by atoms with Crippen LogP contribution in [0.25, 0.3) is 0 Å². The second-order valence-electron chi connectivity index (χ2n) is 6.49. The molecular weight excluding hydrogens is 232 g/mol. The Labute approximate surface area is 118 Å². The lowest BCUT2D eigenvalue weighted by molar-refractivity contribution is 0.438. The molecular formula is C17H28N2. The number of aryl methyl sites for hydroxylation is 3. The predicted octanol–water partition coefficient (Wildman–Crippen LogP) is 4.09. The fourth-order valence-corrected chi connectivity index (χ4v) is 3.64. The van der Waals surface area contributed by atoms with Gasteiger partial charge in [-0.25, -0.2) is 0 Å². The molecule has 3 atom stereocenters. The van der Waals surface area contributed by atoms with E-state index >= 15 is 0 Å². The van der Waals surface area contributed by atoms with Crippen LogP contribution in [0.2, 0.25) is 0 Å². The summed E-state index contributed by atoms with van der Waals surface area (Å²) >= 11 is 0. The first-order valence-electron chi connectivity index (χ1n) is 7.65. The maximum absolute atomic E-state index is 4.61. The maximum Gasteiger partial charge on any atom is 0.0426 e. The van der Waals surface area contributed by atoms with Gasteiger partial charge in [-0.05, 0) is 76.1 Å². The van der Waals surface area contributed by atoms with Crippen LogP contribution >= 0.6 is 0 Å². The monoisotopic (exact) mass is 260 g/mol. The zero-order chi connectivity index (χ0) is 14.0. The van der Waals surface area contributed by atoms with Crippen molar-refractivity contribution in [3.63, 3.8) is 0 Å². The number of hydrogen-bond donors (Lipinski definition) is 1. The third-order valence-corrected chi connectivity index (χ3v) is 4.53. The highest BCUT2D eigenvalue weighted by atomic mass is 14.9. The molecule has 19 heavy (non-hydrogen) atoms. The average molecular weight is 260 g/mol. The molecule has 1 aliphatic carbocycles. The van der Waals surface area contributed by atoms with Crippen molar-refractivity contribution in [2.75, 3.05) is 6.54 Å². The molecule has 106 valence electrons. The molecule has 1 fully saturated rings. The van der Waals surface area contributed by atoms with Crippen molar-refractivity contribution in [1.82, 2.24) is 10.3 Å². The van der Waals surface area contributed by atoms with Crippen molar-refractivity contribution in [3.05, 3.63) is 28.6 Å². The van der Waals surface area contributed by atoms with Gasteiger partial charge in [0.05, 0.1) is 0 Å². The fourth-order valence-electron chi connectivity index (χ4n) is 3.64. The van der Waals surface area contributed by atoms with Crippen molar-refractivity contribution >= 4 is 0 Å². The molecule has 2 heteroatoms. The first-order valence-corrected chi connectivity index (χ1v) is 7.65. The minimum absolute atomic E-state index is 0.406. The van der Waals surface area contributed by atoms with Crippen LogP contribution < -0.4 is 5.32 Å². The Kier molecular flexibility index (Phi) is 4.62. The fraction of sp³-hybridized carbons (Fsp3) is 0.706. The Morgan fingerprint density at radius 2 is 2.05 bits per heavy atom. The van der Waals surface area contributed by atoms with Crippen molar-refractivity contribution in [1.29, 1.82) is 0 Å². The molecule has 1 aromatic rings. The van der Waals surface area contributed by atoms with Gasteiger partial charge in [-0.3, -0.25) is 4.98 Å². The summed E-state index contributed by atoms with van der Waals surface area (Å²) in [5, 5.41) is 3.72. The molecule has 1 heterocycles. The highest BCUT2D eigenvalue weighted by Gasteiger charge is 2.22. The lowest BCUT2D eigenvalue weighted by atomic mass is 9.99. The highest BCUT2D eigenvalue weighted by Crippen LogP contribution is 2.30. The van der Waals surface area contributed by atoms with E-state index in [9.17, 15) is 0 Å². The lowest BCUT2D eigenvalue weighted by Crippen LogP contribution is -2.26. The summed E-state index contributed by atoms with van der Waals surface area (Å²) in [5.41, 5.74) is 5.05. The van der Waals surface area contributed by atoms with Gasteiger partial charge < -0.3 is 5.32 Å². The molecule has 1 aromatic heterocycles. The van der Waals surface area contributed by atoms with E-state index in [2.05, 4.69) is 51.0 Å². The van der Waals surface area contributed by atoms with Gasteiger partial charge in [-0.2, -0.15) is 0 Å². The summed E-state index contributed by atoms with van der Waals surface area (Å²) in [7, 11) is 0. The number of pyridine rings is 1. The minimum Gasteiger partial charge on any atom is -0.310 e. The number of nitrogens with one attached hydrogen (secondary N) is 1. The van der Waals surface area contributed by atoms with E-state index in [1.54, 1.807) is 0 Å². The van der Waals surface area contributed by atoms with E-state index in [-0.39, 0.29) is 0 Å². The standard InChI is InChI=1S/C17H28N2/c1-11-6-7-16(8-11)10-18-14(4)17-12(2)9-13(3)19-15(17)5/h9,11,14,16,18H,6-8,10H2,1-5H3. The van der Waals surface area contributed by atoms with Crippen LogP contribution in [0.3, 0.4) is 0 Å². The Hall–Kier alpha value is -0.890. The van der Waals surface area contributed by atoms with Crippen LogP contribution in [0, 0.1) is 32.6 Å². The van der Waals surface area contributed by atoms with Crippen LogP contribution in [0.15, 0.2) is 6.07 Å². The molecule has 1 saturated carbocycles. The molecule has 1 aliphatic rings. The molecule has 1 N–H and O–H groups in total. The number of aromatic nitrogens is 1. The van der Waals surface area contributed by atoms with E-state index in [4.69, 9.17) is 0 Å². The van der Waals surface area contributed by atoms with Crippen LogP contribution in [0.5, 0.6) is 0 Å². The van der Waals surface area contributed by atoms with Gasteiger partial charge in [0.1, 0.15) is 0 Å². The minimum atomic E-state index is 0.406. The maximum atomic E-state index is 4.61. The van der Waals surface area contributed by atoms with E-state index in [1.165, 1.54) is 36.1 Å². The topological polar surface area (TPSA) is 24.9 Å². The first kappa shape index (κ1) is 14.5. The Bertz CT molecular complexity index is 416. The Morgan fingerprint density at radius 1 is 1.32 bits per heavy atom. The van der Waals surface area contributed by atoms with Gasteiger partial charge in [-0.15, -0.1) is 0 Å². The summed E-state index contributed by atoms with van der Waals surface area (Å²) in [6.07, 6.45) is 4.19. The lowest BCUT2D eigenvalue weighted by Gasteiger charge is -2.21. The summed E-state index contributed by atoms with van der Waals surface area (Å²) in [6, 6.07) is 2.60. The van der Waals surface area contributed by atoms with Gasteiger partial charge in [-0.1, -0.05) is 13.3 Å². The van der Waals surface area contributed by atoms with Gasteiger partial charge in [0, 0.05) is 17.4 Å². The van der Waals surface area contributed by atoms with Gasteiger partial charge in [0.2, 0.25) is 0 Å². The Balaban J connectivity index is 1.98. The van der Waals surface area contributed by atoms with E-state index in [0.717, 1.165) is 24.1 Å². The van der Waals surface area contributed by atoms with Gasteiger partial charge in [0.25, 0.3) is 0 Å². The summed E-state index contributed by atoms with van der Waals surface area (Å²) in [4.78, 5) is 4.61. The molecule has 2 rings (SSSR count). The zero-order valence-electron chi connectivity index (χ0n) is 13.1. The smallest absolute Gasteiger partial charge is 0.0426 e. The normalized spacial score (nSPS) is 24.7. The van der Waals surface area contributed by atoms with Crippen LogP contribution in [0.4, 0.5) is 0 Å². The van der Waals surface area contributed by atoms with Crippen LogP contribution in [-0.2, 0) is 0 Å². The Morgan fingerprint density at radius 3 is 2.63 bits per heavy atom. The van der Waals surface area contributed by atoms with Gasteiger partial charge in [0.15, 0.2) is 0 Å². The molecule has 0 amide bonds. The van der Waals surface area contributed by atoms with Crippen LogP contribution in [-0.4, -0.2) is 11.5 Å². The molecule has 2 nitrogen and oxygen atoms in total. The number of rotatable bonds is 4. The van der Waals surface area contributed by atoms with Crippen LogP contribution in [0.1, 0.15) is 61.7 Å². The average Bonchev–Trinajstić information content (AvgIpc) is 2.71. The van der Waals surface area contributed by atoms with Crippen molar-refractivity contribution in [3.8, 4) is 0 Å². The van der Waals surface area contributed by atoms with Crippen molar-refractivity contribution in [2.24, 2.45) is 11.8 Å². The molecule has 0 radical (unpaired) electrons. The van der Waals surface area contributed by atoms with Gasteiger partial charge >= 0.3 is 0 Å². The second-order valence-corrected chi connectivity index (χ2v) is 6.49. The third-order valence-electron chi connectivity index (χ3n) is 4.53. The quantitative estimate of drug-likeness (QED) is 0.882. The summed E-state index contributed by atoms with van der Waals surface area (Å²) in [6.45, 7) is 12.2. The van der Waals surface area contributed by atoms with Crippen molar-refractivity contribution < 1.29 is 0 Å². The first-order chi connectivity index (χ1) is 8.97. The summed E-state index contributed by atoms with van der Waals surface area (Å²) < 4.78 is 0.